The lowest BCUT2D eigenvalue weighted by Crippen LogP contribution is -2.38. The van der Waals surface area contributed by atoms with Crippen LogP contribution in [0.1, 0.15) is 20.8 Å². The van der Waals surface area contributed by atoms with E-state index in [1.54, 1.807) is 6.07 Å². The number of anilines is 1. The average Bonchev–Trinajstić information content (AvgIpc) is 2.36. The van der Waals surface area contributed by atoms with Crippen molar-refractivity contribution in [3.05, 3.63) is 33.3 Å². The van der Waals surface area contributed by atoms with Gasteiger partial charge in [-0.15, -0.1) is 0 Å². The van der Waals surface area contributed by atoms with Gasteiger partial charge >= 0.3 is 0 Å². The molecule has 5 nitrogen and oxygen atoms in total. The van der Waals surface area contributed by atoms with Gasteiger partial charge in [-0.1, -0.05) is 25.4 Å². The van der Waals surface area contributed by atoms with Crippen LogP contribution in [0, 0.1) is 15.5 Å². The van der Waals surface area contributed by atoms with Gasteiger partial charge in [0.25, 0.3) is 5.69 Å². The Morgan fingerprint density at radius 2 is 2.11 bits per heavy atom. The summed E-state index contributed by atoms with van der Waals surface area (Å²) in [5.41, 5.74) is 6.50. The van der Waals surface area contributed by atoms with E-state index in [-0.39, 0.29) is 11.1 Å². The van der Waals surface area contributed by atoms with E-state index < -0.39 is 4.92 Å². The number of rotatable bonds is 6. The van der Waals surface area contributed by atoms with Gasteiger partial charge in [0.05, 0.1) is 15.6 Å². The summed E-state index contributed by atoms with van der Waals surface area (Å²) < 4.78 is 0. The molecule has 0 bridgehead atoms. The van der Waals surface area contributed by atoms with E-state index in [1.165, 1.54) is 12.1 Å². The maximum atomic E-state index is 10.7. The number of nitrogens with two attached hydrogens (primary N) is 1. The van der Waals surface area contributed by atoms with Gasteiger partial charge in [0.1, 0.15) is 0 Å². The molecule has 1 aromatic carbocycles. The first-order chi connectivity index (χ1) is 8.80. The molecule has 1 aromatic rings. The van der Waals surface area contributed by atoms with Crippen molar-refractivity contribution >= 4 is 23.0 Å². The van der Waals surface area contributed by atoms with E-state index >= 15 is 0 Å². The predicted molar refractivity (Wildman–Crippen MR) is 78.8 cm³/mol. The van der Waals surface area contributed by atoms with Crippen molar-refractivity contribution in [3.63, 3.8) is 0 Å². The molecule has 0 aliphatic carbocycles. The molecule has 1 rings (SSSR count). The number of halogens is 1. The molecule has 0 heterocycles. The molecule has 0 saturated carbocycles. The van der Waals surface area contributed by atoms with Crippen LogP contribution in [-0.2, 0) is 0 Å². The van der Waals surface area contributed by atoms with Crippen LogP contribution in [0.15, 0.2) is 18.2 Å². The van der Waals surface area contributed by atoms with Crippen molar-refractivity contribution in [1.29, 1.82) is 0 Å². The van der Waals surface area contributed by atoms with Crippen molar-refractivity contribution in [2.24, 2.45) is 11.1 Å². The summed E-state index contributed by atoms with van der Waals surface area (Å²) in [6.07, 6.45) is 0. The fraction of sp³-hybridized carbons (Fsp3) is 0.538. The summed E-state index contributed by atoms with van der Waals surface area (Å²) in [6, 6.07) is 4.55. The molecular weight excluding hydrogens is 266 g/mol. The molecule has 0 radical (unpaired) electrons. The number of benzene rings is 1. The second-order valence-electron chi connectivity index (χ2n) is 5.28. The van der Waals surface area contributed by atoms with Crippen molar-refractivity contribution in [1.82, 2.24) is 0 Å². The quantitative estimate of drug-likeness (QED) is 0.644. The van der Waals surface area contributed by atoms with Crippen molar-refractivity contribution in [2.45, 2.75) is 20.8 Å². The Labute approximate surface area is 118 Å². The van der Waals surface area contributed by atoms with Gasteiger partial charge in [-0.2, -0.15) is 0 Å². The summed E-state index contributed by atoms with van der Waals surface area (Å²) in [5.74, 6) is 0. The molecule has 0 aromatic heterocycles. The summed E-state index contributed by atoms with van der Waals surface area (Å²) >= 11 is 6.14. The second-order valence-corrected chi connectivity index (χ2v) is 5.68. The molecule has 0 atom stereocenters. The van der Waals surface area contributed by atoms with Gasteiger partial charge in [0.15, 0.2) is 0 Å². The second kappa shape index (κ2) is 6.21. The lowest BCUT2D eigenvalue weighted by Gasteiger charge is -2.33. The van der Waals surface area contributed by atoms with Crippen LogP contribution in [-0.4, -0.2) is 24.6 Å². The van der Waals surface area contributed by atoms with Gasteiger partial charge in [-0.05, 0) is 24.9 Å². The van der Waals surface area contributed by atoms with E-state index in [9.17, 15) is 10.1 Å². The van der Waals surface area contributed by atoms with Gasteiger partial charge in [-0.25, -0.2) is 0 Å². The van der Waals surface area contributed by atoms with Crippen LogP contribution >= 0.6 is 11.6 Å². The molecule has 0 aliphatic heterocycles. The van der Waals surface area contributed by atoms with Crippen molar-refractivity contribution in [2.75, 3.05) is 24.5 Å². The minimum absolute atomic E-state index is 0.00267. The maximum Gasteiger partial charge on any atom is 0.271 e. The lowest BCUT2D eigenvalue weighted by atomic mass is 9.93. The summed E-state index contributed by atoms with van der Waals surface area (Å²) in [7, 11) is 0. The molecule has 2 N–H and O–H groups in total. The molecule has 0 saturated heterocycles. The molecule has 106 valence electrons. The molecular formula is C13H20ClN3O2. The fourth-order valence-corrected chi connectivity index (χ4v) is 2.11. The third-order valence-electron chi connectivity index (χ3n) is 3.04. The SMILES string of the molecule is CCN(CC(C)(C)CN)c1ccc([N+](=O)[O-])cc1Cl. The first-order valence-corrected chi connectivity index (χ1v) is 6.57. The lowest BCUT2D eigenvalue weighted by molar-refractivity contribution is -0.384. The van der Waals surface area contributed by atoms with E-state index in [1.807, 2.05) is 6.92 Å². The normalized spacial score (nSPS) is 11.4. The van der Waals surface area contributed by atoms with E-state index in [0.717, 1.165) is 18.8 Å². The standard InChI is InChI=1S/C13H20ClN3O2/c1-4-16(9-13(2,3)8-15)12-6-5-10(17(18)19)7-11(12)14/h5-7H,4,8-9,15H2,1-3H3. The topological polar surface area (TPSA) is 72.4 Å². The maximum absolute atomic E-state index is 10.7. The minimum atomic E-state index is -0.449. The third-order valence-corrected chi connectivity index (χ3v) is 3.34. The predicted octanol–water partition coefficient (Wildman–Crippen LogP) is 3.06. The minimum Gasteiger partial charge on any atom is -0.370 e. The molecule has 0 unspecified atom stereocenters. The monoisotopic (exact) mass is 285 g/mol. The molecule has 0 amide bonds. The molecule has 0 spiro atoms. The zero-order valence-electron chi connectivity index (χ0n) is 11.5. The number of hydrogen-bond acceptors (Lipinski definition) is 4. The highest BCUT2D eigenvalue weighted by molar-refractivity contribution is 6.33. The number of nitro benzene ring substituents is 1. The Kier molecular flexibility index (Phi) is 5.14. The highest BCUT2D eigenvalue weighted by Gasteiger charge is 2.21. The van der Waals surface area contributed by atoms with Crippen molar-refractivity contribution < 1.29 is 4.92 Å². The van der Waals surface area contributed by atoms with Crippen LogP contribution in [0.5, 0.6) is 0 Å². The first kappa shape index (κ1) is 15.7. The molecule has 19 heavy (non-hydrogen) atoms. The Morgan fingerprint density at radius 1 is 1.47 bits per heavy atom. The fourth-order valence-electron chi connectivity index (χ4n) is 1.81. The zero-order chi connectivity index (χ0) is 14.6. The number of nitrogens with zero attached hydrogens (tertiary/aromatic N) is 2. The van der Waals surface area contributed by atoms with Crippen LogP contribution in [0.3, 0.4) is 0 Å². The number of non-ortho nitro benzene ring substituents is 1. The van der Waals surface area contributed by atoms with Crippen LogP contribution in [0.4, 0.5) is 11.4 Å². The summed E-state index contributed by atoms with van der Waals surface area (Å²) in [5, 5.41) is 11.1. The van der Waals surface area contributed by atoms with E-state index in [4.69, 9.17) is 17.3 Å². The third kappa shape index (κ3) is 4.08. The van der Waals surface area contributed by atoms with E-state index in [2.05, 4.69) is 18.7 Å². The van der Waals surface area contributed by atoms with Crippen LogP contribution < -0.4 is 10.6 Å². The highest BCUT2D eigenvalue weighted by atomic mass is 35.5. The smallest absolute Gasteiger partial charge is 0.271 e. The highest BCUT2D eigenvalue weighted by Crippen LogP contribution is 2.31. The van der Waals surface area contributed by atoms with Crippen molar-refractivity contribution in [3.8, 4) is 0 Å². The first-order valence-electron chi connectivity index (χ1n) is 6.19. The Balaban J connectivity index is 3.02. The van der Waals surface area contributed by atoms with Gasteiger partial charge in [-0.3, -0.25) is 10.1 Å². The molecule has 0 aliphatic rings. The average molecular weight is 286 g/mol. The van der Waals surface area contributed by atoms with Gasteiger partial charge in [0.2, 0.25) is 0 Å². The summed E-state index contributed by atoms with van der Waals surface area (Å²) in [6.45, 7) is 8.25. The Hall–Kier alpha value is -1.33. The van der Waals surface area contributed by atoms with Gasteiger partial charge in [0, 0.05) is 25.2 Å². The zero-order valence-corrected chi connectivity index (χ0v) is 12.3. The van der Waals surface area contributed by atoms with Crippen LogP contribution in [0.2, 0.25) is 5.02 Å². The largest absolute Gasteiger partial charge is 0.370 e. The number of hydrogen-bond donors (Lipinski definition) is 1. The van der Waals surface area contributed by atoms with Gasteiger partial charge < -0.3 is 10.6 Å². The molecule has 6 heteroatoms. The van der Waals surface area contributed by atoms with Crippen LogP contribution in [0.25, 0.3) is 0 Å². The Bertz CT molecular complexity index is 463. The summed E-state index contributed by atoms with van der Waals surface area (Å²) in [4.78, 5) is 12.3. The number of nitro groups is 1. The van der Waals surface area contributed by atoms with E-state index in [0.29, 0.717) is 11.6 Å². The Morgan fingerprint density at radius 3 is 2.53 bits per heavy atom. The molecule has 0 fully saturated rings.